The Morgan fingerprint density at radius 1 is 1.05 bits per heavy atom. The molecule has 0 aromatic heterocycles. The molecule has 1 heterocycles. The minimum absolute atomic E-state index is 0.0904. The highest BCUT2D eigenvalue weighted by Crippen LogP contribution is 2.55. The second-order valence-electron chi connectivity index (χ2n) is 12.0. The van der Waals surface area contributed by atoms with Crippen LogP contribution in [-0.2, 0) is 24.5 Å². The fourth-order valence-corrected chi connectivity index (χ4v) is 6.93. The minimum Gasteiger partial charge on any atom is -0.508 e. The molecular formula is C33H40N2O6. The Balaban J connectivity index is 1.48. The van der Waals surface area contributed by atoms with Gasteiger partial charge in [0.1, 0.15) is 17.1 Å². The number of carbonyl (C=O) groups is 3. The zero-order valence-electron chi connectivity index (χ0n) is 24.2. The van der Waals surface area contributed by atoms with Gasteiger partial charge in [-0.1, -0.05) is 24.3 Å². The predicted octanol–water partition coefficient (Wildman–Crippen LogP) is 4.70. The lowest BCUT2D eigenvalue weighted by molar-refractivity contribution is -0.190. The Hall–Kier alpha value is -3.65. The Kier molecular flexibility index (Phi) is 8.23. The Labute approximate surface area is 241 Å². The molecule has 8 nitrogen and oxygen atoms in total. The standard InChI is InChI=1S/C33H40N2O6/c1-23(36)40-30-9-5-7-27(19-30)32-16-17-35(21-26-10-11-26)22-33(32,41-24(2)37)15-14-28(20-32)34(3)31(39)13-12-25-6-4-8-29(38)18-25/h4-9,12-13,18-19,26,28,38H,10-11,14-17,20-22H2,1-3H3/b13-12+. The summed E-state index contributed by atoms with van der Waals surface area (Å²) in [7, 11) is 1.82. The van der Waals surface area contributed by atoms with E-state index in [2.05, 4.69) is 4.90 Å². The summed E-state index contributed by atoms with van der Waals surface area (Å²) in [5.74, 6) is 0.484. The summed E-state index contributed by atoms with van der Waals surface area (Å²) in [5, 5.41) is 9.77. The minimum atomic E-state index is -0.765. The Bertz CT molecular complexity index is 1340. The third-order valence-electron chi connectivity index (χ3n) is 9.06. The lowest BCUT2D eigenvalue weighted by Crippen LogP contribution is -2.68. The van der Waals surface area contributed by atoms with E-state index in [1.165, 1.54) is 32.8 Å². The molecule has 1 saturated heterocycles. The van der Waals surface area contributed by atoms with Gasteiger partial charge in [0.25, 0.3) is 0 Å². The number of benzene rings is 2. The summed E-state index contributed by atoms with van der Waals surface area (Å²) in [5.41, 5.74) is 0.371. The molecule has 5 rings (SSSR count). The number of fused-ring (bicyclic) bond motifs is 1. The van der Waals surface area contributed by atoms with Gasteiger partial charge in [0.05, 0.1) is 0 Å². The summed E-state index contributed by atoms with van der Waals surface area (Å²) in [6.07, 6.45) is 8.42. The van der Waals surface area contributed by atoms with Gasteiger partial charge >= 0.3 is 11.9 Å². The van der Waals surface area contributed by atoms with Crippen molar-refractivity contribution in [1.82, 2.24) is 9.80 Å². The van der Waals surface area contributed by atoms with E-state index in [0.29, 0.717) is 37.5 Å². The number of amides is 1. The van der Waals surface area contributed by atoms with Gasteiger partial charge in [-0.05, 0) is 92.5 Å². The van der Waals surface area contributed by atoms with Crippen molar-refractivity contribution in [3.63, 3.8) is 0 Å². The van der Waals surface area contributed by atoms with Crippen LogP contribution < -0.4 is 4.74 Å². The maximum atomic E-state index is 13.3. The van der Waals surface area contributed by atoms with Crippen molar-refractivity contribution in [2.75, 3.05) is 26.7 Å². The average molecular weight is 561 g/mol. The van der Waals surface area contributed by atoms with Crippen LogP contribution in [0, 0.1) is 5.92 Å². The van der Waals surface area contributed by atoms with Crippen molar-refractivity contribution in [3.05, 3.63) is 65.7 Å². The van der Waals surface area contributed by atoms with Gasteiger partial charge in [-0.2, -0.15) is 0 Å². The highest BCUT2D eigenvalue weighted by atomic mass is 16.6. The number of hydrogen-bond acceptors (Lipinski definition) is 7. The molecule has 0 radical (unpaired) electrons. The van der Waals surface area contributed by atoms with E-state index in [4.69, 9.17) is 9.47 Å². The fraction of sp³-hybridized carbons (Fsp3) is 0.485. The lowest BCUT2D eigenvalue weighted by Gasteiger charge is -2.60. The highest BCUT2D eigenvalue weighted by molar-refractivity contribution is 5.91. The molecule has 3 unspecified atom stereocenters. The van der Waals surface area contributed by atoms with Gasteiger partial charge < -0.3 is 19.5 Å². The maximum Gasteiger partial charge on any atom is 0.308 e. The molecule has 8 heteroatoms. The van der Waals surface area contributed by atoms with E-state index in [9.17, 15) is 19.5 Å². The number of rotatable bonds is 8. The summed E-state index contributed by atoms with van der Waals surface area (Å²) in [4.78, 5) is 42.0. The van der Waals surface area contributed by atoms with E-state index in [1.807, 2.05) is 31.3 Å². The summed E-state index contributed by atoms with van der Waals surface area (Å²) in [6.45, 7) is 5.37. The van der Waals surface area contributed by atoms with Gasteiger partial charge in [0.2, 0.25) is 5.91 Å². The first-order chi connectivity index (χ1) is 19.6. The molecule has 41 heavy (non-hydrogen) atoms. The molecule has 3 fully saturated rings. The SMILES string of the molecule is CC(=O)Oc1cccc(C23CCN(CC4CC4)CC2(OC(C)=O)CCC(N(C)C(=O)/C=C/c2cccc(O)c2)C3)c1. The van der Waals surface area contributed by atoms with Crippen LogP contribution in [0.3, 0.4) is 0 Å². The number of ether oxygens (including phenoxy) is 2. The summed E-state index contributed by atoms with van der Waals surface area (Å²) in [6, 6.07) is 14.3. The second kappa shape index (κ2) is 11.7. The number of likely N-dealkylation sites (N-methyl/N-ethyl adjacent to an activating group) is 1. The molecule has 2 aromatic carbocycles. The number of esters is 2. The van der Waals surface area contributed by atoms with Crippen LogP contribution in [0.2, 0.25) is 0 Å². The lowest BCUT2D eigenvalue weighted by atomic mass is 9.55. The number of phenols is 1. The van der Waals surface area contributed by atoms with Gasteiger partial charge in [0.15, 0.2) is 0 Å². The molecule has 218 valence electrons. The van der Waals surface area contributed by atoms with Gasteiger partial charge in [-0.3, -0.25) is 19.3 Å². The van der Waals surface area contributed by atoms with Crippen LogP contribution >= 0.6 is 0 Å². The van der Waals surface area contributed by atoms with E-state index in [-0.39, 0.29) is 23.7 Å². The third kappa shape index (κ3) is 6.32. The van der Waals surface area contributed by atoms with Crippen LogP contribution in [0.25, 0.3) is 6.08 Å². The van der Waals surface area contributed by atoms with Crippen LogP contribution in [0.1, 0.15) is 63.5 Å². The van der Waals surface area contributed by atoms with Crippen molar-refractivity contribution in [2.24, 2.45) is 5.92 Å². The first-order valence-electron chi connectivity index (χ1n) is 14.5. The zero-order chi connectivity index (χ0) is 29.2. The van der Waals surface area contributed by atoms with Gasteiger partial charge in [-0.15, -0.1) is 0 Å². The number of piperidine rings is 1. The average Bonchev–Trinajstić information content (AvgIpc) is 3.74. The molecule has 3 atom stereocenters. The predicted molar refractivity (Wildman–Crippen MR) is 155 cm³/mol. The van der Waals surface area contributed by atoms with Crippen LogP contribution in [0.15, 0.2) is 54.6 Å². The van der Waals surface area contributed by atoms with Gasteiger partial charge in [-0.25, -0.2) is 0 Å². The molecule has 3 aliphatic rings. The fourth-order valence-electron chi connectivity index (χ4n) is 6.93. The number of carbonyl (C=O) groups excluding carboxylic acids is 3. The molecule has 1 amide bonds. The van der Waals surface area contributed by atoms with Crippen molar-refractivity contribution < 1.29 is 29.0 Å². The Morgan fingerprint density at radius 2 is 1.83 bits per heavy atom. The number of aromatic hydroxyl groups is 1. The molecule has 0 bridgehead atoms. The van der Waals surface area contributed by atoms with E-state index < -0.39 is 17.0 Å². The molecule has 2 saturated carbocycles. The highest BCUT2D eigenvalue weighted by Gasteiger charge is 2.61. The van der Waals surface area contributed by atoms with E-state index >= 15 is 0 Å². The van der Waals surface area contributed by atoms with Crippen LogP contribution in [0.5, 0.6) is 11.5 Å². The molecule has 1 N–H and O–H groups in total. The molecule has 2 aliphatic carbocycles. The largest absolute Gasteiger partial charge is 0.508 e. The van der Waals surface area contributed by atoms with Gasteiger partial charge in [0, 0.05) is 51.5 Å². The zero-order valence-corrected chi connectivity index (χ0v) is 24.2. The smallest absolute Gasteiger partial charge is 0.308 e. The molecule has 1 aliphatic heterocycles. The third-order valence-corrected chi connectivity index (χ3v) is 9.06. The first-order valence-corrected chi connectivity index (χ1v) is 14.5. The molecule has 0 spiro atoms. The summed E-state index contributed by atoms with van der Waals surface area (Å²) >= 11 is 0. The van der Waals surface area contributed by atoms with Crippen molar-refractivity contribution in [3.8, 4) is 11.5 Å². The normalized spacial score (nSPS) is 26.3. The second-order valence-corrected chi connectivity index (χ2v) is 12.0. The number of likely N-dealkylation sites (tertiary alicyclic amines) is 1. The van der Waals surface area contributed by atoms with E-state index in [0.717, 1.165) is 30.6 Å². The van der Waals surface area contributed by atoms with Crippen LogP contribution in [-0.4, -0.2) is 71.1 Å². The monoisotopic (exact) mass is 560 g/mol. The molecular weight excluding hydrogens is 520 g/mol. The Morgan fingerprint density at radius 3 is 2.54 bits per heavy atom. The summed E-state index contributed by atoms with van der Waals surface area (Å²) < 4.78 is 11.8. The number of nitrogens with zero attached hydrogens (tertiary/aromatic N) is 2. The van der Waals surface area contributed by atoms with E-state index in [1.54, 1.807) is 35.2 Å². The topological polar surface area (TPSA) is 96.4 Å². The quantitative estimate of drug-likeness (QED) is 0.284. The van der Waals surface area contributed by atoms with Crippen molar-refractivity contribution in [2.45, 2.75) is 69.4 Å². The number of hydrogen-bond donors (Lipinski definition) is 1. The molecule has 2 aromatic rings. The van der Waals surface area contributed by atoms with Crippen molar-refractivity contribution >= 4 is 23.9 Å². The maximum absolute atomic E-state index is 13.3. The first kappa shape index (κ1) is 28.9. The van der Waals surface area contributed by atoms with Crippen molar-refractivity contribution in [1.29, 1.82) is 0 Å². The van der Waals surface area contributed by atoms with Crippen LogP contribution in [0.4, 0.5) is 0 Å². The number of phenolic OH excluding ortho intramolecular Hbond substituents is 1.